The standard InChI is InChI=1S/C14H12BrFN2O2/c1-8-2-4-10(15)7-13(8)20-12-5-3-9(6-11(12)16)14(17)18-19/h2-7,19H,1H3,(H2,17,18). The van der Waals surface area contributed by atoms with Gasteiger partial charge in [0.15, 0.2) is 17.4 Å². The Morgan fingerprint density at radius 1 is 1.25 bits per heavy atom. The van der Waals surface area contributed by atoms with E-state index in [1.165, 1.54) is 12.1 Å². The van der Waals surface area contributed by atoms with Crippen molar-refractivity contribution >= 4 is 21.8 Å². The van der Waals surface area contributed by atoms with Gasteiger partial charge >= 0.3 is 0 Å². The highest BCUT2D eigenvalue weighted by Crippen LogP contribution is 2.30. The van der Waals surface area contributed by atoms with Crippen LogP contribution in [0, 0.1) is 12.7 Å². The van der Waals surface area contributed by atoms with Gasteiger partial charge in [0.1, 0.15) is 5.75 Å². The van der Waals surface area contributed by atoms with Crippen LogP contribution in [0.25, 0.3) is 0 Å². The summed E-state index contributed by atoms with van der Waals surface area (Å²) in [5, 5.41) is 11.4. The first-order valence-electron chi connectivity index (χ1n) is 5.72. The summed E-state index contributed by atoms with van der Waals surface area (Å²) in [5.74, 6) is -0.127. The number of benzene rings is 2. The van der Waals surface area contributed by atoms with Gasteiger partial charge in [-0.25, -0.2) is 4.39 Å². The van der Waals surface area contributed by atoms with Crippen molar-refractivity contribution in [3.05, 3.63) is 57.8 Å². The van der Waals surface area contributed by atoms with E-state index in [0.29, 0.717) is 5.75 Å². The summed E-state index contributed by atoms with van der Waals surface area (Å²) in [6.45, 7) is 1.87. The summed E-state index contributed by atoms with van der Waals surface area (Å²) in [6.07, 6.45) is 0. The molecule has 2 rings (SSSR count). The van der Waals surface area contributed by atoms with Crippen LogP contribution in [0.15, 0.2) is 46.0 Å². The molecular weight excluding hydrogens is 327 g/mol. The van der Waals surface area contributed by atoms with Gasteiger partial charge in [0, 0.05) is 10.0 Å². The minimum atomic E-state index is -0.589. The van der Waals surface area contributed by atoms with Crippen LogP contribution in [0.3, 0.4) is 0 Å². The molecule has 4 nitrogen and oxygen atoms in total. The Morgan fingerprint density at radius 3 is 2.65 bits per heavy atom. The van der Waals surface area contributed by atoms with E-state index in [2.05, 4.69) is 21.1 Å². The molecule has 0 saturated heterocycles. The molecule has 0 heterocycles. The van der Waals surface area contributed by atoms with Crippen LogP contribution in [0.4, 0.5) is 4.39 Å². The average molecular weight is 339 g/mol. The Kier molecular flexibility index (Phi) is 4.24. The second-order valence-corrected chi connectivity index (χ2v) is 5.06. The first-order chi connectivity index (χ1) is 9.51. The zero-order valence-electron chi connectivity index (χ0n) is 10.6. The third-order valence-corrected chi connectivity index (χ3v) is 3.20. The molecule has 0 aliphatic carbocycles. The van der Waals surface area contributed by atoms with Gasteiger partial charge < -0.3 is 15.7 Å². The molecule has 0 unspecified atom stereocenters. The lowest BCUT2D eigenvalue weighted by atomic mass is 10.2. The Balaban J connectivity index is 2.33. The number of oxime groups is 1. The number of hydrogen-bond acceptors (Lipinski definition) is 3. The van der Waals surface area contributed by atoms with Crippen molar-refractivity contribution in [2.45, 2.75) is 6.92 Å². The van der Waals surface area contributed by atoms with Crippen molar-refractivity contribution in [2.75, 3.05) is 0 Å². The van der Waals surface area contributed by atoms with E-state index in [9.17, 15) is 4.39 Å². The predicted molar refractivity (Wildman–Crippen MR) is 77.9 cm³/mol. The van der Waals surface area contributed by atoms with Gasteiger partial charge in [-0.15, -0.1) is 0 Å². The molecule has 0 saturated carbocycles. The summed E-state index contributed by atoms with van der Waals surface area (Å²) in [6, 6.07) is 9.59. The van der Waals surface area contributed by atoms with Crippen molar-refractivity contribution < 1.29 is 14.3 Å². The third kappa shape index (κ3) is 3.08. The molecule has 2 aromatic rings. The lowest BCUT2D eigenvalue weighted by Gasteiger charge is -2.10. The normalized spacial score (nSPS) is 11.4. The second-order valence-electron chi connectivity index (χ2n) is 4.14. The summed E-state index contributed by atoms with van der Waals surface area (Å²) in [5.41, 5.74) is 6.56. The van der Waals surface area contributed by atoms with Crippen LogP contribution in [0.2, 0.25) is 0 Å². The fourth-order valence-electron chi connectivity index (χ4n) is 1.60. The van der Waals surface area contributed by atoms with Crippen molar-refractivity contribution in [1.29, 1.82) is 0 Å². The van der Waals surface area contributed by atoms with Gasteiger partial charge in [0.2, 0.25) is 0 Å². The highest BCUT2D eigenvalue weighted by Gasteiger charge is 2.10. The van der Waals surface area contributed by atoms with Crippen LogP contribution in [0.5, 0.6) is 11.5 Å². The molecule has 0 spiro atoms. The van der Waals surface area contributed by atoms with E-state index in [0.717, 1.165) is 16.1 Å². The first kappa shape index (κ1) is 14.3. The molecule has 0 aliphatic heterocycles. The van der Waals surface area contributed by atoms with Crippen molar-refractivity contribution in [1.82, 2.24) is 0 Å². The molecular formula is C14H12BrFN2O2. The minimum Gasteiger partial charge on any atom is -0.454 e. The maximum Gasteiger partial charge on any atom is 0.170 e. The maximum atomic E-state index is 13.9. The highest BCUT2D eigenvalue weighted by molar-refractivity contribution is 9.10. The molecule has 3 N–H and O–H groups in total. The number of ether oxygens (including phenoxy) is 1. The van der Waals surface area contributed by atoms with Gasteiger partial charge in [-0.1, -0.05) is 27.2 Å². The van der Waals surface area contributed by atoms with Crippen molar-refractivity contribution in [3.8, 4) is 11.5 Å². The average Bonchev–Trinajstić information content (AvgIpc) is 2.44. The summed E-state index contributed by atoms with van der Waals surface area (Å²) >= 11 is 3.33. The van der Waals surface area contributed by atoms with E-state index < -0.39 is 5.82 Å². The first-order valence-corrected chi connectivity index (χ1v) is 6.52. The molecule has 2 aromatic carbocycles. The van der Waals surface area contributed by atoms with Crippen molar-refractivity contribution in [3.63, 3.8) is 0 Å². The maximum absolute atomic E-state index is 13.9. The van der Waals surface area contributed by atoms with Gasteiger partial charge in [-0.05, 0) is 42.8 Å². The molecule has 0 amide bonds. The largest absolute Gasteiger partial charge is 0.454 e. The Hall–Kier alpha value is -2.08. The Bertz CT molecular complexity index is 674. The lowest BCUT2D eigenvalue weighted by Crippen LogP contribution is -2.13. The zero-order chi connectivity index (χ0) is 14.7. The molecule has 0 bridgehead atoms. The Labute approximate surface area is 123 Å². The fourth-order valence-corrected chi connectivity index (χ4v) is 1.94. The number of rotatable bonds is 3. The summed E-state index contributed by atoms with van der Waals surface area (Å²) < 4.78 is 20.3. The van der Waals surface area contributed by atoms with Crippen LogP contribution < -0.4 is 10.5 Å². The van der Waals surface area contributed by atoms with E-state index in [1.807, 2.05) is 19.1 Å². The number of halogens is 2. The summed E-state index contributed by atoms with van der Waals surface area (Å²) in [7, 11) is 0. The topological polar surface area (TPSA) is 67.8 Å². The molecule has 0 radical (unpaired) electrons. The Morgan fingerprint density at radius 2 is 2.00 bits per heavy atom. The predicted octanol–water partition coefficient (Wildman–Crippen LogP) is 3.78. The van der Waals surface area contributed by atoms with E-state index in [-0.39, 0.29) is 17.1 Å². The molecule has 6 heteroatoms. The molecule has 0 aliphatic rings. The van der Waals surface area contributed by atoms with Gasteiger partial charge in [0.05, 0.1) is 0 Å². The van der Waals surface area contributed by atoms with E-state index >= 15 is 0 Å². The molecule has 0 fully saturated rings. The minimum absolute atomic E-state index is 0.0701. The number of aryl methyl sites for hydroxylation is 1. The molecule has 0 atom stereocenters. The number of amidine groups is 1. The van der Waals surface area contributed by atoms with E-state index in [4.69, 9.17) is 15.7 Å². The van der Waals surface area contributed by atoms with Crippen LogP contribution in [-0.4, -0.2) is 11.0 Å². The molecule has 0 aromatic heterocycles. The summed E-state index contributed by atoms with van der Waals surface area (Å²) in [4.78, 5) is 0. The highest BCUT2D eigenvalue weighted by atomic mass is 79.9. The SMILES string of the molecule is Cc1ccc(Br)cc1Oc1ccc(/C(N)=N/O)cc1F. The number of hydrogen-bond donors (Lipinski definition) is 2. The van der Waals surface area contributed by atoms with Gasteiger partial charge in [-0.3, -0.25) is 0 Å². The van der Waals surface area contributed by atoms with E-state index in [1.54, 1.807) is 6.07 Å². The molecule has 20 heavy (non-hydrogen) atoms. The smallest absolute Gasteiger partial charge is 0.170 e. The number of nitrogens with two attached hydrogens (primary N) is 1. The zero-order valence-corrected chi connectivity index (χ0v) is 12.2. The fraction of sp³-hybridized carbons (Fsp3) is 0.0714. The van der Waals surface area contributed by atoms with Crippen LogP contribution in [-0.2, 0) is 0 Å². The van der Waals surface area contributed by atoms with Crippen LogP contribution in [0.1, 0.15) is 11.1 Å². The van der Waals surface area contributed by atoms with Crippen LogP contribution >= 0.6 is 15.9 Å². The number of nitrogens with zero attached hydrogens (tertiary/aromatic N) is 1. The second kappa shape index (κ2) is 5.92. The third-order valence-electron chi connectivity index (χ3n) is 2.71. The monoisotopic (exact) mass is 338 g/mol. The molecule has 104 valence electrons. The van der Waals surface area contributed by atoms with Gasteiger partial charge in [-0.2, -0.15) is 0 Å². The lowest BCUT2D eigenvalue weighted by molar-refractivity contribution is 0.318. The quantitative estimate of drug-likeness (QED) is 0.387. The van der Waals surface area contributed by atoms with Gasteiger partial charge in [0.25, 0.3) is 0 Å². The van der Waals surface area contributed by atoms with Crippen molar-refractivity contribution in [2.24, 2.45) is 10.9 Å².